The van der Waals surface area contributed by atoms with Crippen LogP contribution < -0.4 is 5.32 Å². The Labute approximate surface area is 122 Å². The summed E-state index contributed by atoms with van der Waals surface area (Å²) in [5.41, 5.74) is -2.92. The fourth-order valence-electron chi connectivity index (χ4n) is 2.34. The Balaban J connectivity index is 1.86. The molecule has 1 heterocycles. The van der Waals surface area contributed by atoms with E-state index in [0.717, 1.165) is 13.0 Å². The number of nitrogens with zero attached hydrogens (tertiary/aromatic N) is 1. The van der Waals surface area contributed by atoms with Gasteiger partial charge in [-0.1, -0.05) is 6.92 Å². The number of aryl methyl sites for hydroxylation is 1. The van der Waals surface area contributed by atoms with Crippen molar-refractivity contribution in [3.8, 4) is 0 Å². The largest absolute Gasteiger partial charge is 0.441 e. The van der Waals surface area contributed by atoms with Crippen LogP contribution in [-0.4, -0.2) is 22.4 Å². The van der Waals surface area contributed by atoms with Crippen molar-refractivity contribution < 1.29 is 13.2 Å². The van der Waals surface area contributed by atoms with E-state index in [4.69, 9.17) is 0 Å². The van der Waals surface area contributed by atoms with E-state index in [1.807, 2.05) is 23.0 Å². The zero-order valence-electron chi connectivity index (χ0n) is 11.6. The minimum Gasteiger partial charge on any atom is -0.353 e. The molecular formula is C14H21F3N2S. The Hall–Kier alpha value is -0.620. The fraction of sp³-hybridized carbons (Fsp3) is 0.714. The third-order valence-electron chi connectivity index (χ3n) is 3.46. The van der Waals surface area contributed by atoms with Gasteiger partial charge in [0, 0.05) is 30.7 Å². The van der Waals surface area contributed by atoms with Gasteiger partial charge in [0.2, 0.25) is 0 Å². The maximum absolute atomic E-state index is 12.1. The monoisotopic (exact) mass is 306 g/mol. The molecule has 0 spiro atoms. The second-order valence-electron chi connectivity index (χ2n) is 5.25. The van der Waals surface area contributed by atoms with Crippen LogP contribution in [0.1, 0.15) is 37.8 Å². The second-order valence-corrected chi connectivity index (χ2v) is 6.41. The Kier molecular flexibility index (Phi) is 5.43. The van der Waals surface area contributed by atoms with Crippen molar-refractivity contribution in [1.29, 1.82) is 0 Å². The molecule has 2 rings (SSSR count). The van der Waals surface area contributed by atoms with E-state index in [1.165, 1.54) is 18.4 Å². The molecule has 1 aliphatic rings. The van der Waals surface area contributed by atoms with Gasteiger partial charge in [-0.15, -0.1) is 0 Å². The molecule has 0 saturated heterocycles. The number of aromatic nitrogens is 1. The van der Waals surface area contributed by atoms with Crippen molar-refractivity contribution >= 4 is 11.8 Å². The van der Waals surface area contributed by atoms with E-state index in [2.05, 4.69) is 12.2 Å². The zero-order chi connectivity index (χ0) is 14.6. The lowest BCUT2D eigenvalue weighted by atomic mass is 10.1. The number of halogens is 3. The number of thioether (sulfide) groups is 1. The van der Waals surface area contributed by atoms with Gasteiger partial charge >= 0.3 is 5.51 Å². The topological polar surface area (TPSA) is 17.0 Å². The SMILES string of the molecule is CCCNC(c1ccn(CCSC(F)(F)F)c1)C1CC1. The molecule has 1 aromatic rings. The Morgan fingerprint density at radius 3 is 2.80 bits per heavy atom. The number of hydrogen-bond donors (Lipinski definition) is 1. The molecule has 1 fully saturated rings. The van der Waals surface area contributed by atoms with E-state index in [0.29, 0.717) is 18.5 Å². The van der Waals surface area contributed by atoms with Gasteiger partial charge in [-0.25, -0.2) is 0 Å². The smallest absolute Gasteiger partial charge is 0.353 e. The predicted octanol–water partition coefficient (Wildman–Crippen LogP) is 4.19. The van der Waals surface area contributed by atoms with Crippen LogP contribution in [0.15, 0.2) is 18.5 Å². The summed E-state index contributed by atoms with van der Waals surface area (Å²) in [5.74, 6) is 0.760. The summed E-state index contributed by atoms with van der Waals surface area (Å²) in [6.45, 7) is 3.52. The van der Waals surface area contributed by atoms with Gasteiger partial charge in [-0.2, -0.15) is 13.2 Å². The number of alkyl halides is 3. The molecule has 1 atom stereocenters. The molecule has 0 aliphatic heterocycles. The second kappa shape index (κ2) is 6.89. The van der Waals surface area contributed by atoms with Crippen LogP contribution in [0.5, 0.6) is 0 Å². The molecule has 0 bridgehead atoms. The van der Waals surface area contributed by atoms with E-state index in [9.17, 15) is 13.2 Å². The number of hydrogen-bond acceptors (Lipinski definition) is 2. The molecule has 0 amide bonds. The van der Waals surface area contributed by atoms with Crippen molar-refractivity contribution in [2.75, 3.05) is 12.3 Å². The third kappa shape index (κ3) is 5.05. The molecule has 1 saturated carbocycles. The van der Waals surface area contributed by atoms with Gasteiger partial charge < -0.3 is 9.88 Å². The summed E-state index contributed by atoms with van der Waals surface area (Å²) in [7, 11) is 0. The highest BCUT2D eigenvalue weighted by Crippen LogP contribution is 2.41. The molecule has 1 aromatic heterocycles. The van der Waals surface area contributed by atoms with Gasteiger partial charge in [0.15, 0.2) is 0 Å². The van der Waals surface area contributed by atoms with Gasteiger partial charge in [0.25, 0.3) is 0 Å². The summed E-state index contributed by atoms with van der Waals surface area (Å²) in [6, 6.07) is 2.40. The van der Waals surface area contributed by atoms with Gasteiger partial charge in [0.1, 0.15) is 0 Å². The van der Waals surface area contributed by atoms with Crippen molar-refractivity contribution in [3.05, 3.63) is 24.0 Å². The summed E-state index contributed by atoms with van der Waals surface area (Å²) < 4.78 is 38.1. The third-order valence-corrected chi connectivity index (χ3v) is 4.17. The van der Waals surface area contributed by atoms with Crippen LogP contribution in [0, 0.1) is 5.92 Å². The van der Waals surface area contributed by atoms with E-state index in [1.54, 1.807) is 0 Å². The normalized spacial score (nSPS) is 17.4. The molecule has 1 N–H and O–H groups in total. The summed E-state index contributed by atoms with van der Waals surface area (Å²) in [6.07, 6.45) is 7.46. The van der Waals surface area contributed by atoms with E-state index < -0.39 is 5.51 Å². The number of nitrogens with one attached hydrogen (secondary N) is 1. The maximum Gasteiger partial charge on any atom is 0.441 e. The van der Waals surface area contributed by atoms with Gasteiger partial charge in [0.05, 0.1) is 0 Å². The molecule has 1 unspecified atom stereocenters. The Bertz CT molecular complexity index is 413. The highest BCUT2D eigenvalue weighted by Gasteiger charge is 2.32. The zero-order valence-corrected chi connectivity index (χ0v) is 12.4. The van der Waals surface area contributed by atoms with Crippen molar-refractivity contribution in [3.63, 3.8) is 0 Å². The lowest BCUT2D eigenvalue weighted by molar-refractivity contribution is -0.0328. The fourth-order valence-corrected chi connectivity index (χ4v) is 2.87. The minimum absolute atomic E-state index is 0.0421. The lowest BCUT2D eigenvalue weighted by Gasteiger charge is -2.16. The van der Waals surface area contributed by atoms with Crippen LogP contribution in [-0.2, 0) is 6.54 Å². The quantitative estimate of drug-likeness (QED) is 0.775. The number of rotatable bonds is 8. The average molecular weight is 306 g/mol. The van der Waals surface area contributed by atoms with E-state index in [-0.39, 0.29) is 17.5 Å². The van der Waals surface area contributed by atoms with Crippen molar-refractivity contribution in [2.45, 2.75) is 44.3 Å². The van der Waals surface area contributed by atoms with Gasteiger partial charge in [-0.3, -0.25) is 0 Å². The molecule has 0 radical (unpaired) electrons. The van der Waals surface area contributed by atoms with Crippen molar-refractivity contribution in [2.24, 2.45) is 5.92 Å². The molecule has 1 aliphatic carbocycles. The molecule has 20 heavy (non-hydrogen) atoms. The highest BCUT2D eigenvalue weighted by molar-refractivity contribution is 8.00. The van der Waals surface area contributed by atoms with Crippen LogP contribution >= 0.6 is 11.8 Å². The summed E-state index contributed by atoms with van der Waals surface area (Å²) >= 11 is 0.0421. The molecule has 114 valence electrons. The Morgan fingerprint density at radius 2 is 2.20 bits per heavy atom. The Morgan fingerprint density at radius 1 is 1.45 bits per heavy atom. The summed E-state index contributed by atoms with van der Waals surface area (Å²) in [4.78, 5) is 0. The highest BCUT2D eigenvalue weighted by atomic mass is 32.2. The van der Waals surface area contributed by atoms with Crippen LogP contribution in [0.25, 0.3) is 0 Å². The average Bonchev–Trinajstić information content (AvgIpc) is 3.09. The standard InChI is InChI=1S/C14H21F3N2S/c1-2-6-18-13(11-3-4-11)12-5-7-19(10-12)8-9-20-14(15,16)17/h5,7,10-11,13,18H,2-4,6,8-9H2,1H3. The molecule has 6 heteroatoms. The molecular weight excluding hydrogens is 285 g/mol. The van der Waals surface area contributed by atoms with Crippen molar-refractivity contribution in [1.82, 2.24) is 9.88 Å². The van der Waals surface area contributed by atoms with Crippen LogP contribution in [0.2, 0.25) is 0 Å². The lowest BCUT2D eigenvalue weighted by Crippen LogP contribution is -2.23. The first-order valence-corrected chi connectivity index (χ1v) is 8.08. The van der Waals surface area contributed by atoms with Crippen LogP contribution in [0.3, 0.4) is 0 Å². The van der Waals surface area contributed by atoms with Crippen LogP contribution in [0.4, 0.5) is 13.2 Å². The van der Waals surface area contributed by atoms with E-state index >= 15 is 0 Å². The maximum atomic E-state index is 12.1. The first-order chi connectivity index (χ1) is 9.49. The minimum atomic E-state index is -4.13. The first kappa shape index (κ1) is 15.8. The first-order valence-electron chi connectivity index (χ1n) is 7.09. The molecule has 0 aromatic carbocycles. The van der Waals surface area contributed by atoms with Gasteiger partial charge in [-0.05, 0) is 55.1 Å². The summed E-state index contributed by atoms with van der Waals surface area (Å²) in [5, 5.41) is 3.54. The predicted molar refractivity (Wildman–Crippen MR) is 76.7 cm³/mol. The molecule has 2 nitrogen and oxygen atoms in total.